The van der Waals surface area contributed by atoms with Crippen molar-refractivity contribution >= 4 is 40.6 Å². The number of ether oxygens (including phenoxy) is 3. The van der Waals surface area contributed by atoms with Gasteiger partial charge in [-0.3, -0.25) is 19.3 Å². The van der Waals surface area contributed by atoms with Gasteiger partial charge in [0.25, 0.3) is 0 Å². The predicted molar refractivity (Wildman–Crippen MR) is 172 cm³/mol. The Balaban J connectivity index is 1.14. The molecule has 2 saturated carbocycles. The summed E-state index contributed by atoms with van der Waals surface area (Å²) in [7, 11) is 3.23. The highest BCUT2D eigenvalue weighted by Gasteiger charge is 2.69. The van der Waals surface area contributed by atoms with Crippen LogP contribution in [0, 0.1) is 36.5 Å². The molecule has 45 heavy (non-hydrogen) atoms. The quantitative estimate of drug-likeness (QED) is 0.247. The second-order valence-corrected chi connectivity index (χ2v) is 14.6. The van der Waals surface area contributed by atoms with E-state index >= 15 is 0 Å². The van der Waals surface area contributed by atoms with Gasteiger partial charge in [-0.15, -0.1) is 11.8 Å². The Bertz CT molecular complexity index is 1880. The summed E-state index contributed by atoms with van der Waals surface area (Å²) in [6, 6.07) is 21.4. The molecule has 2 bridgehead atoms. The van der Waals surface area contributed by atoms with E-state index in [1.807, 2.05) is 24.3 Å². The molecule has 7 atom stereocenters. The maximum Gasteiger partial charge on any atom is 0.305 e. The van der Waals surface area contributed by atoms with Crippen LogP contribution in [-0.4, -0.2) is 36.3 Å². The zero-order valence-corrected chi connectivity index (χ0v) is 26.7. The average molecular weight is 641 g/mol. The number of aromatic nitrogens is 1. The second kappa shape index (κ2) is 10.8. The maximum atomic E-state index is 14.0. The summed E-state index contributed by atoms with van der Waals surface area (Å²) in [4.78, 5) is 46.0. The van der Waals surface area contributed by atoms with Gasteiger partial charge in [-0.05, 0) is 78.6 Å². The van der Waals surface area contributed by atoms with Crippen molar-refractivity contribution in [2.45, 2.75) is 36.1 Å². The molecule has 4 aromatic rings. The van der Waals surface area contributed by atoms with E-state index in [0.29, 0.717) is 29.5 Å². The van der Waals surface area contributed by atoms with Crippen LogP contribution >= 0.6 is 23.1 Å². The summed E-state index contributed by atoms with van der Waals surface area (Å²) in [5.74, 6) is 1.05. The Morgan fingerprint density at radius 3 is 2.40 bits per heavy atom. The van der Waals surface area contributed by atoms with Crippen molar-refractivity contribution in [2.75, 3.05) is 19.1 Å². The van der Waals surface area contributed by atoms with Gasteiger partial charge < -0.3 is 19.2 Å². The van der Waals surface area contributed by atoms with Gasteiger partial charge in [0.1, 0.15) is 12.4 Å². The molecule has 1 aromatic heterocycles. The Morgan fingerprint density at radius 2 is 1.67 bits per heavy atom. The number of amides is 2. The number of anilines is 1. The number of benzene rings is 3. The lowest BCUT2D eigenvalue weighted by Gasteiger charge is -2.43. The fraction of sp³-hybridized carbons (Fsp3) is 0.343. The summed E-state index contributed by atoms with van der Waals surface area (Å²) < 4.78 is 17.3. The number of nitrogens with zero attached hydrogens (tertiary/aromatic N) is 1. The summed E-state index contributed by atoms with van der Waals surface area (Å²) in [6.07, 6.45) is 0.829. The molecule has 3 heterocycles. The minimum Gasteiger partial charge on any atom is -0.497 e. The van der Waals surface area contributed by atoms with E-state index in [9.17, 15) is 14.4 Å². The first-order valence-electron chi connectivity index (χ1n) is 15.1. The van der Waals surface area contributed by atoms with E-state index in [-0.39, 0.29) is 57.4 Å². The third kappa shape index (κ3) is 4.44. The molecule has 3 aromatic carbocycles. The van der Waals surface area contributed by atoms with Gasteiger partial charge in [0.15, 0.2) is 11.5 Å². The molecule has 230 valence electrons. The highest BCUT2D eigenvalue weighted by Crippen LogP contribution is 2.68. The molecule has 1 N–H and O–H groups in total. The van der Waals surface area contributed by atoms with Gasteiger partial charge in [0, 0.05) is 16.0 Å². The van der Waals surface area contributed by atoms with Crippen LogP contribution in [0.5, 0.6) is 17.2 Å². The summed E-state index contributed by atoms with van der Waals surface area (Å²) in [6.45, 7) is 2.47. The first-order chi connectivity index (χ1) is 21.9. The van der Waals surface area contributed by atoms with Gasteiger partial charge >= 0.3 is 4.87 Å². The van der Waals surface area contributed by atoms with E-state index in [0.717, 1.165) is 27.5 Å². The number of hydrogen-bond donors (Lipinski definition) is 1. The molecular weight excluding hydrogens is 609 g/mol. The highest BCUT2D eigenvalue weighted by atomic mass is 32.2. The van der Waals surface area contributed by atoms with E-state index in [1.54, 1.807) is 50.2 Å². The van der Waals surface area contributed by atoms with Crippen molar-refractivity contribution in [3.63, 3.8) is 0 Å². The van der Waals surface area contributed by atoms with Crippen molar-refractivity contribution in [2.24, 2.45) is 29.6 Å². The number of imide groups is 1. The highest BCUT2D eigenvalue weighted by molar-refractivity contribution is 8.00. The number of carbonyl (C=O) groups excluding carboxylic acids is 2. The number of nitrogens with one attached hydrogen (secondary N) is 1. The Hall–Kier alpha value is -4.02. The number of fused-ring (bicyclic) bond motifs is 9. The smallest absolute Gasteiger partial charge is 0.305 e. The van der Waals surface area contributed by atoms with E-state index in [2.05, 4.69) is 30.1 Å². The van der Waals surface area contributed by atoms with Gasteiger partial charge in [-0.2, -0.15) is 0 Å². The fourth-order valence-corrected chi connectivity index (χ4v) is 11.2. The molecule has 1 saturated heterocycles. The van der Waals surface area contributed by atoms with E-state index in [4.69, 9.17) is 14.2 Å². The minimum absolute atomic E-state index is 0.0239. The van der Waals surface area contributed by atoms with Gasteiger partial charge in [0.2, 0.25) is 11.8 Å². The Morgan fingerprint density at radius 1 is 0.889 bits per heavy atom. The SMILES string of the molecule is COc1ccc(N2C(=O)C3C4CC(C3C2=O)C2C4Sc3[nH]c(=O)sc3[C@@H]2c2ccc(OCc3cccc(C)c3)c(OC)c2)cc1. The van der Waals surface area contributed by atoms with Gasteiger partial charge in [-0.25, -0.2) is 0 Å². The molecule has 3 fully saturated rings. The number of H-pyrrole nitrogens is 1. The molecule has 10 heteroatoms. The molecule has 2 amide bonds. The van der Waals surface area contributed by atoms with Gasteiger partial charge in [-0.1, -0.05) is 47.2 Å². The van der Waals surface area contributed by atoms with Crippen LogP contribution in [-0.2, 0) is 16.2 Å². The first-order valence-corrected chi connectivity index (χ1v) is 16.8. The summed E-state index contributed by atoms with van der Waals surface area (Å²) in [5.41, 5.74) is 3.86. The largest absolute Gasteiger partial charge is 0.497 e. The number of thiazole rings is 1. The zero-order chi connectivity index (χ0) is 31.0. The fourth-order valence-electron chi connectivity index (χ4n) is 8.34. The molecule has 6 unspecified atom stereocenters. The molecule has 2 aliphatic heterocycles. The second-order valence-electron chi connectivity index (χ2n) is 12.4. The van der Waals surface area contributed by atoms with Crippen LogP contribution in [0.1, 0.15) is 33.9 Å². The van der Waals surface area contributed by atoms with Crippen LogP contribution in [0.15, 0.2) is 76.6 Å². The minimum atomic E-state index is -0.370. The van der Waals surface area contributed by atoms with Crippen LogP contribution in [0.2, 0.25) is 0 Å². The summed E-state index contributed by atoms with van der Waals surface area (Å²) in [5, 5.41) is 0.984. The maximum absolute atomic E-state index is 14.0. The molecule has 0 spiro atoms. The molecular formula is C35H32N2O6S2. The van der Waals surface area contributed by atoms with Crippen molar-refractivity contribution in [1.29, 1.82) is 0 Å². The molecule has 8 rings (SSSR count). The number of aryl methyl sites for hydroxylation is 1. The van der Waals surface area contributed by atoms with Crippen molar-refractivity contribution in [1.82, 2.24) is 4.98 Å². The third-order valence-electron chi connectivity index (χ3n) is 10.1. The number of carbonyl (C=O) groups is 2. The van der Waals surface area contributed by atoms with E-state index < -0.39 is 0 Å². The molecule has 2 aliphatic carbocycles. The van der Waals surface area contributed by atoms with E-state index in [1.165, 1.54) is 21.8 Å². The van der Waals surface area contributed by atoms with Crippen LogP contribution < -0.4 is 24.0 Å². The van der Waals surface area contributed by atoms with Crippen LogP contribution in [0.3, 0.4) is 0 Å². The van der Waals surface area contributed by atoms with Crippen molar-refractivity contribution < 1.29 is 23.8 Å². The Kier molecular flexibility index (Phi) is 6.83. The number of hydrogen-bond acceptors (Lipinski definition) is 8. The number of aromatic amines is 1. The monoisotopic (exact) mass is 640 g/mol. The lowest BCUT2D eigenvalue weighted by Crippen LogP contribution is -2.42. The number of methoxy groups -OCH3 is 2. The van der Waals surface area contributed by atoms with Crippen molar-refractivity contribution in [3.05, 3.63) is 98.0 Å². The summed E-state index contributed by atoms with van der Waals surface area (Å²) >= 11 is 2.93. The van der Waals surface area contributed by atoms with Gasteiger partial charge in [0.05, 0.1) is 36.8 Å². The number of thioether (sulfide) groups is 1. The molecule has 8 nitrogen and oxygen atoms in total. The van der Waals surface area contributed by atoms with Crippen LogP contribution in [0.25, 0.3) is 0 Å². The van der Waals surface area contributed by atoms with Crippen molar-refractivity contribution in [3.8, 4) is 17.2 Å². The molecule has 4 aliphatic rings. The lowest BCUT2D eigenvalue weighted by molar-refractivity contribution is -0.123. The van der Waals surface area contributed by atoms with Crippen LogP contribution in [0.4, 0.5) is 5.69 Å². The number of rotatable bonds is 7. The predicted octanol–water partition coefficient (Wildman–Crippen LogP) is 6.02. The standard InChI is InChI=1S/C35H32N2O6S2/c1-17-5-4-6-18(13-17)16-43-24-12-7-19(14-25(24)42-3)26-27-22-15-23(30(27)44-32-31(26)45-35(40)36-32)29-28(22)33(38)37(34(29)39)20-8-10-21(41-2)11-9-20/h4-14,22-23,26-30H,15-16H2,1-3H3,(H,36,40)/t22?,23?,26-,27?,28?,29?,30?/m1/s1. The lowest BCUT2D eigenvalue weighted by atomic mass is 9.68. The topological polar surface area (TPSA) is 97.9 Å². The first kappa shape index (κ1) is 28.5. The molecule has 0 radical (unpaired) electrons. The average Bonchev–Trinajstić information content (AvgIpc) is 3.79. The third-order valence-corrected chi connectivity index (χ3v) is 12.7. The normalized spacial score (nSPS) is 27.7. The Labute approximate surface area is 268 Å². The zero-order valence-electron chi connectivity index (χ0n) is 25.0.